The number of hydrogen-bond donors (Lipinski definition) is 3. The van der Waals surface area contributed by atoms with Crippen LogP contribution in [0.25, 0.3) is 0 Å². The van der Waals surface area contributed by atoms with Gasteiger partial charge in [0.05, 0.1) is 5.41 Å². The van der Waals surface area contributed by atoms with Gasteiger partial charge < -0.3 is 16.0 Å². The van der Waals surface area contributed by atoms with Gasteiger partial charge in [0.25, 0.3) is 0 Å². The summed E-state index contributed by atoms with van der Waals surface area (Å²) < 4.78 is 0. The first kappa shape index (κ1) is 25.7. The van der Waals surface area contributed by atoms with E-state index in [1.807, 2.05) is 20.8 Å². The zero-order valence-corrected chi connectivity index (χ0v) is 20.8. The number of guanidine groups is 1. The lowest BCUT2D eigenvalue weighted by Gasteiger charge is -2.37. The molecule has 1 fully saturated rings. The normalized spacial score (nSPS) is 17.2. The number of likely N-dealkylation sites (tertiary alicyclic amines) is 1. The topological polar surface area (TPSA) is 68.8 Å². The summed E-state index contributed by atoms with van der Waals surface area (Å²) in [4.78, 5) is 19.0. The van der Waals surface area contributed by atoms with Gasteiger partial charge in [-0.3, -0.25) is 14.7 Å². The molecule has 1 aliphatic heterocycles. The van der Waals surface area contributed by atoms with E-state index in [9.17, 15) is 4.79 Å². The van der Waals surface area contributed by atoms with Crippen molar-refractivity contribution in [3.63, 3.8) is 0 Å². The highest BCUT2D eigenvalue weighted by molar-refractivity contribution is 14.0. The lowest BCUT2D eigenvalue weighted by Crippen LogP contribution is -2.52. The van der Waals surface area contributed by atoms with Gasteiger partial charge in [-0.2, -0.15) is 0 Å². The van der Waals surface area contributed by atoms with Crippen LogP contribution in [0.4, 0.5) is 0 Å². The Labute approximate surface area is 193 Å². The van der Waals surface area contributed by atoms with Gasteiger partial charge in [-0.05, 0) is 46.1 Å². The first-order valence-electron chi connectivity index (χ1n) is 10.4. The molecule has 0 radical (unpaired) electrons. The number of hydrogen-bond acceptors (Lipinski definition) is 3. The molecule has 0 aromatic heterocycles. The minimum Gasteiger partial charge on any atom is -0.356 e. The number of rotatable bonds is 7. The SMILES string of the molecule is CCNC(=O)C(C)(C)CNC(=NC)NC1CCN(C(C)c2ccccc2)CC1.I. The average molecular weight is 515 g/mol. The van der Waals surface area contributed by atoms with E-state index in [0.29, 0.717) is 25.2 Å². The molecule has 6 nitrogen and oxygen atoms in total. The molecule has 1 amide bonds. The predicted molar refractivity (Wildman–Crippen MR) is 132 cm³/mol. The number of carbonyl (C=O) groups is 1. The Morgan fingerprint density at radius 2 is 1.83 bits per heavy atom. The maximum absolute atomic E-state index is 12.2. The second-order valence-corrected chi connectivity index (χ2v) is 8.21. The summed E-state index contributed by atoms with van der Waals surface area (Å²) >= 11 is 0. The molecule has 1 aliphatic rings. The van der Waals surface area contributed by atoms with Gasteiger partial charge in [0.1, 0.15) is 0 Å². The van der Waals surface area contributed by atoms with Crippen molar-refractivity contribution in [2.24, 2.45) is 10.4 Å². The fourth-order valence-corrected chi connectivity index (χ4v) is 3.55. The summed E-state index contributed by atoms with van der Waals surface area (Å²) in [6.07, 6.45) is 2.16. The van der Waals surface area contributed by atoms with E-state index >= 15 is 0 Å². The van der Waals surface area contributed by atoms with E-state index in [1.165, 1.54) is 5.56 Å². The van der Waals surface area contributed by atoms with Crippen LogP contribution < -0.4 is 16.0 Å². The molecule has 164 valence electrons. The zero-order chi connectivity index (χ0) is 20.6. The van der Waals surface area contributed by atoms with Gasteiger partial charge in [0.15, 0.2) is 5.96 Å². The summed E-state index contributed by atoms with van der Waals surface area (Å²) in [5, 5.41) is 9.74. The van der Waals surface area contributed by atoms with Crippen LogP contribution in [0.1, 0.15) is 52.1 Å². The van der Waals surface area contributed by atoms with Crippen molar-refractivity contribution < 1.29 is 4.79 Å². The largest absolute Gasteiger partial charge is 0.356 e. The van der Waals surface area contributed by atoms with Crippen molar-refractivity contribution in [1.29, 1.82) is 0 Å². The molecule has 3 N–H and O–H groups in total. The van der Waals surface area contributed by atoms with Gasteiger partial charge >= 0.3 is 0 Å². The van der Waals surface area contributed by atoms with Gasteiger partial charge in [-0.25, -0.2) is 0 Å². The Hall–Kier alpha value is -1.35. The van der Waals surface area contributed by atoms with Crippen LogP contribution in [-0.4, -0.2) is 56.0 Å². The lowest BCUT2D eigenvalue weighted by molar-refractivity contribution is -0.128. The number of piperidine rings is 1. The zero-order valence-electron chi connectivity index (χ0n) is 18.5. The van der Waals surface area contributed by atoms with E-state index < -0.39 is 5.41 Å². The molecule has 1 saturated heterocycles. The number of nitrogens with one attached hydrogen (secondary N) is 3. The second-order valence-electron chi connectivity index (χ2n) is 8.21. The monoisotopic (exact) mass is 515 g/mol. The van der Waals surface area contributed by atoms with Gasteiger partial charge in [-0.1, -0.05) is 30.3 Å². The molecule has 0 spiro atoms. The van der Waals surface area contributed by atoms with Crippen LogP contribution in [-0.2, 0) is 4.79 Å². The van der Waals surface area contributed by atoms with E-state index in [0.717, 1.165) is 31.9 Å². The number of halogens is 1. The van der Waals surface area contributed by atoms with Crippen LogP contribution in [0.2, 0.25) is 0 Å². The van der Waals surface area contributed by atoms with E-state index in [4.69, 9.17) is 0 Å². The highest BCUT2D eigenvalue weighted by atomic mass is 127. The van der Waals surface area contributed by atoms with Crippen molar-refractivity contribution >= 4 is 35.8 Å². The molecular formula is C22H38IN5O. The van der Waals surface area contributed by atoms with Crippen molar-refractivity contribution in [3.05, 3.63) is 35.9 Å². The number of benzene rings is 1. The first-order valence-corrected chi connectivity index (χ1v) is 10.4. The molecule has 1 heterocycles. The smallest absolute Gasteiger partial charge is 0.227 e. The first-order chi connectivity index (χ1) is 13.4. The molecule has 1 aromatic rings. The molecule has 2 rings (SSSR count). The Kier molecular flexibility index (Phi) is 11.0. The Morgan fingerprint density at radius 3 is 2.38 bits per heavy atom. The van der Waals surface area contributed by atoms with Gasteiger partial charge in [0, 0.05) is 45.3 Å². The highest BCUT2D eigenvalue weighted by Crippen LogP contribution is 2.24. The van der Waals surface area contributed by atoms with E-state index in [1.54, 1.807) is 7.05 Å². The highest BCUT2D eigenvalue weighted by Gasteiger charge is 2.28. The maximum atomic E-state index is 12.2. The van der Waals surface area contributed by atoms with Crippen molar-refractivity contribution in [2.45, 2.75) is 52.6 Å². The minimum absolute atomic E-state index is 0. The molecule has 0 saturated carbocycles. The molecule has 1 unspecified atom stereocenters. The predicted octanol–water partition coefficient (Wildman–Crippen LogP) is 3.16. The maximum Gasteiger partial charge on any atom is 0.227 e. The standard InChI is InChI=1S/C22H37N5O.HI/c1-6-24-20(28)22(3,4)16-25-21(23-5)26-19-12-14-27(15-13-19)17(2)18-10-8-7-9-11-18;/h7-11,17,19H,6,12-16H2,1-5H3,(H,24,28)(H2,23,25,26);1H. The fraction of sp³-hybridized carbons (Fsp3) is 0.636. The third kappa shape index (κ3) is 7.77. The molecule has 0 aliphatic carbocycles. The number of nitrogens with zero attached hydrogens (tertiary/aromatic N) is 2. The molecule has 1 atom stereocenters. The Balaban J connectivity index is 0.00000420. The summed E-state index contributed by atoms with van der Waals surface area (Å²) in [6.45, 7) is 11.4. The lowest BCUT2D eigenvalue weighted by atomic mass is 9.92. The summed E-state index contributed by atoms with van der Waals surface area (Å²) in [7, 11) is 1.78. The number of aliphatic imine (C=N–C) groups is 1. The Morgan fingerprint density at radius 1 is 1.21 bits per heavy atom. The van der Waals surface area contributed by atoms with E-state index in [2.05, 4.69) is 63.1 Å². The van der Waals surface area contributed by atoms with Crippen LogP contribution in [0.15, 0.2) is 35.3 Å². The minimum atomic E-state index is -0.484. The van der Waals surface area contributed by atoms with Crippen LogP contribution in [0.5, 0.6) is 0 Å². The second kappa shape index (κ2) is 12.4. The molecular weight excluding hydrogens is 477 g/mol. The van der Waals surface area contributed by atoms with Crippen molar-refractivity contribution in [2.75, 3.05) is 33.2 Å². The molecule has 29 heavy (non-hydrogen) atoms. The van der Waals surface area contributed by atoms with Crippen LogP contribution >= 0.6 is 24.0 Å². The quantitative estimate of drug-likeness (QED) is 0.297. The number of carbonyl (C=O) groups excluding carboxylic acids is 1. The van der Waals surface area contributed by atoms with Crippen molar-refractivity contribution in [1.82, 2.24) is 20.9 Å². The molecule has 7 heteroatoms. The number of amides is 1. The molecule has 1 aromatic carbocycles. The van der Waals surface area contributed by atoms with Gasteiger partial charge in [0.2, 0.25) is 5.91 Å². The van der Waals surface area contributed by atoms with Crippen molar-refractivity contribution in [3.8, 4) is 0 Å². The molecule has 0 bridgehead atoms. The Bertz CT molecular complexity index is 642. The third-order valence-corrected chi connectivity index (χ3v) is 5.57. The van der Waals surface area contributed by atoms with Crippen LogP contribution in [0, 0.1) is 5.41 Å². The summed E-state index contributed by atoms with van der Waals surface area (Å²) in [5.41, 5.74) is 0.890. The van der Waals surface area contributed by atoms with Gasteiger partial charge in [-0.15, -0.1) is 24.0 Å². The average Bonchev–Trinajstić information content (AvgIpc) is 2.72. The van der Waals surface area contributed by atoms with Crippen LogP contribution in [0.3, 0.4) is 0 Å². The summed E-state index contributed by atoms with van der Waals surface area (Å²) in [6, 6.07) is 11.5. The third-order valence-electron chi connectivity index (χ3n) is 5.57. The fourth-order valence-electron chi connectivity index (χ4n) is 3.55. The summed E-state index contributed by atoms with van der Waals surface area (Å²) in [5.74, 6) is 0.827. The van der Waals surface area contributed by atoms with E-state index in [-0.39, 0.29) is 29.9 Å².